The predicted molar refractivity (Wildman–Crippen MR) is 70.3 cm³/mol. The molecule has 7 nitrogen and oxygen atoms in total. The molecular weight excluding hydrogens is 234 g/mol. The molecule has 0 aliphatic rings. The van der Waals surface area contributed by atoms with E-state index < -0.39 is 6.10 Å². The van der Waals surface area contributed by atoms with Crippen molar-refractivity contribution >= 4 is 11.6 Å². The fourth-order valence-electron chi connectivity index (χ4n) is 1.64. The maximum Gasteiger partial charge on any atom is 0.205 e. The van der Waals surface area contributed by atoms with Crippen LogP contribution in [-0.2, 0) is 0 Å². The zero-order valence-electron chi connectivity index (χ0n) is 11.0. The van der Waals surface area contributed by atoms with Crippen molar-refractivity contribution < 1.29 is 9.84 Å². The highest BCUT2D eigenvalue weighted by Crippen LogP contribution is 2.27. The summed E-state index contributed by atoms with van der Waals surface area (Å²) in [6.07, 6.45) is 1.66. The first kappa shape index (κ1) is 14.5. The monoisotopic (exact) mass is 255 g/mol. The Morgan fingerprint density at radius 2 is 2.06 bits per heavy atom. The fraction of sp³-hybridized carbons (Fsp3) is 0.636. The molecule has 0 aliphatic heterocycles. The molecule has 1 aromatic rings. The molecule has 0 saturated carbocycles. The van der Waals surface area contributed by atoms with E-state index in [4.69, 9.17) is 10.6 Å². The number of nitrogens with two attached hydrogens (primary N) is 1. The topological polar surface area (TPSA) is 105 Å². The van der Waals surface area contributed by atoms with Gasteiger partial charge in [-0.3, -0.25) is 0 Å². The van der Waals surface area contributed by atoms with E-state index in [-0.39, 0.29) is 0 Å². The Hall–Kier alpha value is -1.60. The number of nitrogens with zero attached hydrogens (tertiary/aromatic N) is 2. The molecule has 1 atom stereocenters. The molecule has 1 rings (SSSR count). The van der Waals surface area contributed by atoms with Gasteiger partial charge in [-0.2, -0.15) is 0 Å². The van der Waals surface area contributed by atoms with Crippen molar-refractivity contribution in [1.82, 2.24) is 9.97 Å². The lowest BCUT2D eigenvalue weighted by molar-refractivity contribution is 0.161. The first-order valence-electron chi connectivity index (χ1n) is 5.86. The quantitative estimate of drug-likeness (QED) is 0.417. The van der Waals surface area contributed by atoms with Gasteiger partial charge >= 0.3 is 0 Å². The molecule has 1 aromatic heterocycles. The van der Waals surface area contributed by atoms with Gasteiger partial charge in [-0.15, -0.1) is 0 Å². The van der Waals surface area contributed by atoms with E-state index in [1.807, 2.05) is 0 Å². The Labute approximate surface area is 107 Å². The van der Waals surface area contributed by atoms with Crippen LogP contribution in [0.4, 0.5) is 11.6 Å². The minimum Gasteiger partial charge on any atom is -0.490 e. The summed E-state index contributed by atoms with van der Waals surface area (Å²) in [6.45, 7) is 4.52. The molecule has 0 radical (unpaired) electrons. The molecule has 0 aliphatic carbocycles. The molecule has 0 saturated heterocycles. The highest BCUT2D eigenvalue weighted by atomic mass is 16.5. The van der Waals surface area contributed by atoms with Gasteiger partial charge in [0, 0.05) is 6.54 Å². The molecule has 18 heavy (non-hydrogen) atoms. The van der Waals surface area contributed by atoms with Crippen LogP contribution < -0.4 is 21.3 Å². The van der Waals surface area contributed by atoms with E-state index in [2.05, 4.69) is 34.6 Å². The number of rotatable bonds is 7. The molecule has 0 amide bonds. The molecule has 1 unspecified atom stereocenters. The Balaban J connectivity index is 2.67. The number of hydrogen-bond acceptors (Lipinski definition) is 7. The Morgan fingerprint density at radius 1 is 1.39 bits per heavy atom. The summed E-state index contributed by atoms with van der Waals surface area (Å²) >= 11 is 0. The summed E-state index contributed by atoms with van der Waals surface area (Å²) in [5.74, 6) is 7.09. The number of nitrogens with one attached hydrogen (secondary N) is 2. The maximum absolute atomic E-state index is 9.78. The third-order valence-corrected chi connectivity index (χ3v) is 2.39. The Kier molecular flexibility index (Phi) is 5.60. The molecule has 0 fully saturated rings. The van der Waals surface area contributed by atoms with E-state index in [1.165, 1.54) is 13.4 Å². The lowest BCUT2D eigenvalue weighted by Crippen LogP contribution is -2.22. The van der Waals surface area contributed by atoms with Crippen molar-refractivity contribution in [3.8, 4) is 5.75 Å². The second kappa shape index (κ2) is 6.97. The first-order chi connectivity index (χ1) is 8.58. The normalized spacial score (nSPS) is 12.3. The predicted octanol–water partition coefficient (Wildman–Crippen LogP) is 0.590. The van der Waals surface area contributed by atoms with Crippen LogP contribution in [0.2, 0.25) is 0 Å². The zero-order valence-corrected chi connectivity index (χ0v) is 11.0. The van der Waals surface area contributed by atoms with Crippen LogP contribution in [-0.4, -0.2) is 34.8 Å². The highest BCUT2D eigenvalue weighted by molar-refractivity contribution is 5.62. The highest BCUT2D eigenvalue weighted by Gasteiger charge is 2.13. The second-order valence-corrected chi connectivity index (χ2v) is 4.41. The number of ether oxygens (including phenoxy) is 1. The minimum absolute atomic E-state index is 0.397. The summed E-state index contributed by atoms with van der Waals surface area (Å²) in [5, 5.41) is 12.8. The second-order valence-electron chi connectivity index (χ2n) is 4.41. The molecule has 7 heteroatoms. The molecule has 0 bridgehead atoms. The van der Waals surface area contributed by atoms with Crippen molar-refractivity contribution in [3.63, 3.8) is 0 Å². The van der Waals surface area contributed by atoms with E-state index in [1.54, 1.807) is 0 Å². The van der Waals surface area contributed by atoms with Gasteiger partial charge in [-0.1, -0.05) is 13.8 Å². The molecule has 0 aromatic carbocycles. The minimum atomic E-state index is -0.432. The van der Waals surface area contributed by atoms with E-state index >= 15 is 0 Å². The van der Waals surface area contributed by atoms with Crippen LogP contribution >= 0.6 is 0 Å². The SMILES string of the molecule is COc1c(NN)ncnc1NCC(O)CC(C)C. The van der Waals surface area contributed by atoms with Gasteiger partial charge in [-0.25, -0.2) is 15.8 Å². The number of hydrazine groups is 1. The summed E-state index contributed by atoms with van der Waals surface area (Å²) in [6, 6.07) is 0. The molecule has 0 spiro atoms. The largest absolute Gasteiger partial charge is 0.490 e. The third kappa shape index (κ3) is 4.01. The van der Waals surface area contributed by atoms with Gasteiger partial charge < -0.3 is 20.6 Å². The van der Waals surface area contributed by atoms with Crippen LogP contribution in [0.3, 0.4) is 0 Å². The Bertz CT molecular complexity index is 372. The average Bonchev–Trinajstić information content (AvgIpc) is 2.34. The van der Waals surface area contributed by atoms with Gasteiger partial charge in [0.05, 0.1) is 13.2 Å². The average molecular weight is 255 g/mol. The number of methoxy groups -OCH3 is 1. The summed E-state index contributed by atoms with van der Waals surface area (Å²) in [5.41, 5.74) is 2.43. The van der Waals surface area contributed by atoms with Crippen LogP contribution in [0.25, 0.3) is 0 Å². The van der Waals surface area contributed by atoms with Gasteiger partial charge in [0.1, 0.15) is 6.33 Å². The van der Waals surface area contributed by atoms with E-state index in [0.717, 1.165) is 6.42 Å². The van der Waals surface area contributed by atoms with Gasteiger partial charge in [-0.05, 0) is 12.3 Å². The number of anilines is 2. The number of aromatic nitrogens is 2. The first-order valence-corrected chi connectivity index (χ1v) is 5.86. The van der Waals surface area contributed by atoms with Gasteiger partial charge in [0.2, 0.25) is 5.75 Å². The van der Waals surface area contributed by atoms with Crippen LogP contribution in [0.5, 0.6) is 5.75 Å². The number of aliphatic hydroxyl groups is 1. The maximum atomic E-state index is 9.78. The van der Waals surface area contributed by atoms with Crippen molar-refractivity contribution in [2.45, 2.75) is 26.4 Å². The van der Waals surface area contributed by atoms with E-state index in [9.17, 15) is 5.11 Å². The molecule has 102 valence electrons. The summed E-state index contributed by atoms with van der Waals surface area (Å²) in [4.78, 5) is 7.98. The molecule has 5 N–H and O–H groups in total. The van der Waals surface area contributed by atoms with Crippen molar-refractivity contribution in [3.05, 3.63) is 6.33 Å². The number of nitrogen functional groups attached to an aromatic ring is 1. The third-order valence-electron chi connectivity index (χ3n) is 2.39. The van der Waals surface area contributed by atoms with Crippen LogP contribution in [0, 0.1) is 5.92 Å². The molecule has 1 heterocycles. The fourth-order valence-corrected chi connectivity index (χ4v) is 1.64. The lowest BCUT2D eigenvalue weighted by atomic mass is 10.1. The number of hydrogen-bond donors (Lipinski definition) is 4. The van der Waals surface area contributed by atoms with Crippen LogP contribution in [0.15, 0.2) is 6.33 Å². The van der Waals surface area contributed by atoms with Gasteiger partial charge in [0.15, 0.2) is 11.6 Å². The number of aliphatic hydroxyl groups excluding tert-OH is 1. The summed E-state index contributed by atoms with van der Waals surface area (Å²) in [7, 11) is 1.51. The van der Waals surface area contributed by atoms with E-state index in [0.29, 0.717) is 29.8 Å². The Morgan fingerprint density at radius 3 is 2.61 bits per heavy atom. The van der Waals surface area contributed by atoms with Crippen molar-refractivity contribution in [1.29, 1.82) is 0 Å². The molecular formula is C11H21N5O2. The van der Waals surface area contributed by atoms with Crippen LogP contribution in [0.1, 0.15) is 20.3 Å². The zero-order chi connectivity index (χ0) is 13.5. The lowest BCUT2D eigenvalue weighted by Gasteiger charge is -2.16. The van der Waals surface area contributed by atoms with Crippen molar-refractivity contribution in [2.24, 2.45) is 11.8 Å². The van der Waals surface area contributed by atoms with Crippen molar-refractivity contribution in [2.75, 3.05) is 24.4 Å². The smallest absolute Gasteiger partial charge is 0.205 e. The van der Waals surface area contributed by atoms with Gasteiger partial charge in [0.25, 0.3) is 0 Å². The standard InChI is InChI=1S/C11H21N5O2/c1-7(2)4-8(17)5-13-10-9(18-3)11(16-12)15-6-14-10/h6-8,17H,4-5,12H2,1-3H3,(H2,13,14,15,16). The summed E-state index contributed by atoms with van der Waals surface area (Å²) < 4.78 is 5.17.